The molecule has 78 valence electrons. The van der Waals surface area contributed by atoms with Crippen molar-refractivity contribution in [2.75, 3.05) is 6.61 Å². The lowest BCUT2D eigenvalue weighted by molar-refractivity contribution is -0.159. The molecule has 0 aromatic heterocycles. The predicted molar refractivity (Wildman–Crippen MR) is 51.6 cm³/mol. The zero-order valence-electron chi connectivity index (χ0n) is 9.00. The van der Waals surface area contributed by atoms with Crippen molar-refractivity contribution in [1.29, 1.82) is 0 Å². The monoisotopic (exact) mass is 188 g/mol. The molecule has 0 saturated carbocycles. The van der Waals surface area contributed by atoms with Crippen LogP contribution in [0.4, 0.5) is 0 Å². The van der Waals surface area contributed by atoms with Crippen LogP contribution in [0.1, 0.15) is 40.5 Å². The van der Waals surface area contributed by atoms with Crippen LogP contribution in [0.5, 0.6) is 0 Å². The quantitative estimate of drug-likeness (QED) is 0.599. The van der Waals surface area contributed by atoms with Crippen molar-refractivity contribution in [3.8, 4) is 0 Å². The Morgan fingerprint density at radius 3 is 2.15 bits per heavy atom. The molecule has 0 saturated heterocycles. The van der Waals surface area contributed by atoms with Crippen LogP contribution in [0.3, 0.4) is 0 Å². The van der Waals surface area contributed by atoms with Gasteiger partial charge in [-0.3, -0.25) is 0 Å². The third-order valence-corrected chi connectivity index (χ3v) is 1.93. The van der Waals surface area contributed by atoms with Gasteiger partial charge in [0.05, 0.1) is 12.7 Å². The molecule has 0 aliphatic heterocycles. The van der Waals surface area contributed by atoms with Crippen molar-refractivity contribution in [3.63, 3.8) is 0 Å². The summed E-state index contributed by atoms with van der Waals surface area (Å²) in [6, 6.07) is 0. The Balaban J connectivity index is 3.82. The highest BCUT2D eigenvalue weighted by atomic mass is 16.6. The summed E-state index contributed by atoms with van der Waals surface area (Å²) in [6.07, 6.45) is 1.59. The molecule has 0 aliphatic rings. The molecule has 1 atom stereocenters. The largest absolute Gasteiger partial charge is 0.464 e. The van der Waals surface area contributed by atoms with Gasteiger partial charge < -0.3 is 9.47 Å². The summed E-state index contributed by atoms with van der Waals surface area (Å²) < 4.78 is 10.3. The molecule has 0 N–H and O–H groups in total. The second-order valence-electron chi connectivity index (χ2n) is 2.97. The van der Waals surface area contributed by atoms with E-state index in [1.165, 1.54) is 0 Å². The van der Waals surface area contributed by atoms with Gasteiger partial charge in [-0.25, -0.2) is 4.79 Å². The van der Waals surface area contributed by atoms with Crippen LogP contribution >= 0.6 is 0 Å². The minimum Gasteiger partial charge on any atom is -0.464 e. The Morgan fingerprint density at radius 2 is 1.77 bits per heavy atom. The third-order valence-electron chi connectivity index (χ3n) is 1.93. The molecule has 0 fully saturated rings. The lowest BCUT2D eigenvalue weighted by Crippen LogP contribution is -2.28. The van der Waals surface area contributed by atoms with Crippen LogP contribution < -0.4 is 0 Å². The fraction of sp³-hybridized carbons (Fsp3) is 0.900. The lowest BCUT2D eigenvalue weighted by atomic mass is 10.2. The van der Waals surface area contributed by atoms with Crippen molar-refractivity contribution in [2.45, 2.75) is 52.7 Å². The van der Waals surface area contributed by atoms with E-state index in [1.54, 1.807) is 13.8 Å². The molecule has 0 aromatic rings. The highest BCUT2D eigenvalue weighted by Gasteiger charge is 2.17. The van der Waals surface area contributed by atoms with E-state index in [1.807, 2.05) is 13.8 Å². The van der Waals surface area contributed by atoms with Crippen LogP contribution in [0.15, 0.2) is 0 Å². The van der Waals surface area contributed by atoms with E-state index in [9.17, 15) is 4.79 Å². The molecule has 1 unspecified atom stereocenters. The molecule has 0 heterocycles. The zero-order valence-corrected chi connectivity index (χ0v) is 9.00. The first-order chi connectivity index (χ1) is 6.15. The smallest absolute Gasteiger partial charge is 0.334 e. The van der Waals surface area contributed by atoms with Gasteiger partial charge in [-0.2, -0.15) is 0 Å². The van der Waals surface area contributed by atoms with E-state index in [4.69, 9.17) is 9.47 Å². The minimum absolute atomic E-state index is 0.166. The van der Waals surface area contributed by atoms with Crippen LogP contribution in [0, 0.1) is 0 Å². The second kappa shape index (κ2) is 6.89. The zero-order chi connectivity index (χ0) is 10.3. The topological polar surface area (TPSA) is 35.5 Å². The number of rotatable bonds is 6. The van der Waals surface area contributed by atoms with Crippen molar-refractivity contribution in [3.05, 3.63) is 0 Å². The van der Waals surface area contributed by atoms with Crippen molar-refractivity contribution >= 4 is 5.97 Å². The van der Waals surface area contributed by atoms with E-state index < -0.39 is 6.10 Å². The van der Waals surface area contributed by atoms with E-state index in [-0.39, 0.29) is 12.1 Å². The van der Waals surface area contributed by atoms with Crippen molar-refractivity contribution in [2.24, 2.45) is 0 Å². The minimum atomic E-state index is -0.440. The number of hydrogen-bond acceptors (Lipinski definition) is 3. The van der Waals surface area contributed by atoms with Gasteiger partial charge in [0.15, 0.2) is 6.10 Å². The first-order valence-electron chi connectivity index (χ1n) is 4.97. The number of hydrogen-bond donors (Lipinski definition) is 0. The molecule has 13 heavy (non-hydrogen) atoms. The highest BCUT2D eigenvalue weighted by Crippen LogP contribution is 2.07. The number of esters is 1. The Labute approximate surface area is 80.4 Å². The van der Waals surface area contributed by atoms with Gasteiger partial charge in [0.2, 0.25) is 0 Å². The summed E-state index contributed by atoms with van der Waals surface area (Å²) in [5, 5.41) is 0. The fourth-order valence-corrected chi connectivity index (χ4v) is 1.08. The Hall–Kier alpha value is -0.570. The van der Waals surface area contributed by atoms with E-state index in [2.05, 4.69) is 0 Å². The molecule has 0 bridgehead atoms. The molecule has 0 rings (SSSR count). The summed E-state index contributed by atoms with van der Waals surface area (Å²) >= 11 is 0. The first-order valence-corrected chi connectivity index (χ1v) is 4.97. The Kier molecular flexibility index (Phi) is 6.59. The second-order valence-corrected chi connectivity index (χ2v) is 2.97. The number of ether oxygens (including phenoxy) is 2. The average Bonchev–Trinajstić information content (AvgIpc) is 2.14. The van der Waals surface area contributed by atoms with E-state index in [0.717, 1.165) is 12.8 Å². The molecule has 0 aliphatic carbocycles. The van der Waals surface area contributed by atoms with Gasteiger partial charge in [0, 0.05) is 0 Å². The Bertz CT molecular complexity index is 141. The highest BCUT2D eigenvalue weighted by molar-refractivity contribution is 5.74. The van der Waals surface area contributed by atoms with Gasteiger partial charge in [0.25, 0.3) is 0 Å². The first kappa shape index (κ1) is 12.4. The summed E-state index contributed by atoms with van der Waals surface area (Å²) in [5.74, 6) is -0.269. The van der Waals surface area contributed by atoms with Crippen LogP contribution in [-0.4, -0.2) is 24.8 Å². The van der Waals surface area contributed by atoms with Gasteiger partial charge >= 0.3 is 5.97 Å². The molecular formula is C10H20O3. The maximum Gasteiger partial charge on any atom is 0.334 e. The van der Waals surface area contributed by atoms with Gasteiger partial charge in [0.1, 0.15) is 0 Å². The van der Waals surface area contributed by atoms with Gasteiger partial charge in [-0.1, -0.05) is 13.8 Å². The van der Waals surface area contributed by atoms with Gasteiger partial charge in [-0.05, 0) is 26.7 Å². The molecule has 0 radical (unpaired) electrons. The normalized spacial score (nSPS) is 13.0. The molecular weight excluding hydrogens is 168 g/mol. The molecule has 0 aromatic carbocycles. The van der Waals surface area contributed by atoms with Crippen LogP contribution in [0.25, 0.3) is 0 Å². The van der Waals surface area contributed by atoms with Crippen molar-refractivity contribution in [1.82, 2.24) is 0 Å². The van der Waals surface area contributed by atoms with Crippen molar-refractivity contribution < 1.29 is 14.3 Å². The molecule has 3 heteroatoms. The Morgan fingerprint density at radius 1 is 1.23 bits per heavy atom. The summed E-state index contributed by atoms with van der Waals surface area (Å²) in [4.78, 5) is 11.2. The summed E-state index contributed by atoms with van der Waals surface area (Å²) in [5.41, 5.74) is 0. The maximum absolute atomic E-state index is 11.2. The lowest BCUT2D eigenvalue weighted by Gasteiger charge is -2.18. The maximum atomic E-state index is 11.2. The van der Waals surface area contributed by atoms with Crippen LogP contribution in [0.2, 0.25) is 0 Å². The predicted octanol–water partition coefficient (Wildman–Crippen LogP) is 2.14. The van der Waals surface area contributed by atoms with Gasteiger partial charge in [-0.15, -0.1) is 0 Å². The summed E-state index contributed by atoms with van der Waals surface area (Å²) in [6.45, 7) is 8.03. The van der Waals surface area contributed by atoms with Crippen LogP contribution in [-0.2, 0) is 14.3 Å². The fourth-order valence-electron chi connectivity index (χ4n) is 1.08. The standard InChI is InChI=1S/C10H20O3/c1-5-9(6-2)13-8(4)10(11)12-7-3/h8-9H,5-7H2,1-4H3. The number of carbonyl (C=O) groups is 1. The van der Waals surface area contributed by atoms with E-state index >= 15 is 0 Å². The number of carbonyl (C=O) groups excluding carboxylic acids is 1. The third kappa shape index (κ3) is 4.88. The SMILES string of the molecule is CCOC(=O)C(C)OC(CC)CC. The molecule has 3 nitrogen and oxygen atoms in total. The van der Waals surface area contributed by atoms with E-state index in [0.29, 0.717) is 6.61 Å². The molecule has 0 spiro atoms. The average molecular weight is 188 g/mol. The molecule has 0 amide bonds. The summed E-state index contributed by atoms with van der Waals surface area (Å²) in [7, 11) is 0.